The van der Waals surface area contributed by atoms with E-state index in [1.807, 2.05) is 0 Å². The first-order valence-corrected chi connectivity index (χ1v) is 7.08. The van der Waals surface area contributed by atoms with Crippen LogP contribution in [0.3, 0.4) is 0 Å². The van der Waals surface area contributed by atoms with E-state index >= 15 is 0 Å². The van der Waals surface area contributed by atoms with Crippen LogP contribution in [-0.2, 0) is 9.47 Å². The molecule has 0 aromatic carbocycles. The molecule has 1 aliphatic rings. The summed E-state index contributed by atoms with van der Waals surface area (Å²) in [4.78, 5) is 19.4. The highest BCUT2D eigenvalue weighted by atomic mass is 35.5. The third-order valence-corrected chi connectivity index (χ3v) is 3.10. The normalized spacial score (nSPS) is 18.1. The summed E-state index contributed by atoms with van der Waals surface area (Å²) in [6.45, 7) is 2.60. The van der Waals surface area contributed by atoms with Crippen LogP contribution in [0, 0.1) is 0 Å². The van der Waals surface area contributed by atoms with E-state index in [-0.39, 0.29) is 22.9 Å². The number of amides is 1. The van der Waals surface area contributed by atoms with Gasteiger partial charge in [-0.25, -0.2) is 4.98 Å². The molecule has 6 nitrogen and oxygen atoms in total. The van der Waals surface area contributed by atoms with Crippen molar-refractivity contribution in [3.8, 4) is 0 Å². The van der Waals surface area contributed by atoms with Crippen LogP contribution in [0.4, 0.5) is 0 Å². The molecule has 1 N–H and O–H groups in total. The number of halogens is 1. The molecule has 2 rings (SSSR count). The van der Waals surface area contributed by atoms with Crippen LogP contribution in [0.25, 0.3) is 0 Å². The number of nitrogens with one attached hydrogen (secondary N) is 1. The van der Waals surface area contributed by atoms with Crippen molar-refractivity contribution in [2.24, 2.45) is 0 Å². The molecule has 0 aliphatic carbocycles. The smallest absolute Gasteiger partial charge is 0.271 e. The van der Waals surface area contributed by atoms with Gasteiger partial charge in [0.2, 0.25) is 0 Å². The Bertz CT molecular complexity index is 439. The molecular formula is C13H18ClN3O3. The molecular weight excluding hydrogens is 282 g/mol. The lowest BCUT2D eigenvalue weighted by atomic mass is 10.2. The van der Waals surface area contributed by atoms with E-state index in [1.165, 1.54) is 12.4 Å². The summed E-state index contributed by atoms with van der Waals surface area (Å²) in [5.41, 5.74) is 0.220. The summed E-state index contributed by atoms with van der Waals surface area (Å²) >= 11 is 5.67. The van der Waals surface area contributed by atoms with Gasteiger partial charge < -0.3 is 14.8 Å². The highest BCUT2D eigenvalue weighted by Crippen LogP contribution is 2.11. The SMILES string of the molecule is O=C(NCCCOCC1CCCO1)c1cncc(Cl)n1. The van der Waals surface area contributed by atoms with E-state index in [1.54, 1.807) is 0 Å². The predicted molar refractivity (Wildman–Crippen MR) is 73.8 cm³/mol. The van der Waals surface area contributed by atoms with Crippen LogP contribution >= 0.6 is 11.6 Å². The number of aromatic nitrogens is 2. The average molecular weight is 300 g/mol. The summed E-state index contributed by atoms with van der Waals surface area (Å²) in [6, 6.07) is 0. The van der Waals surface area contributed by atoms with Crippen molar-refractivity contribution in [2.75, 3.05) is 26.4 Å². The number of ether oxygens (including phenoxy) is 2. The second-order valence-electron chi connectivity index (χ2n) is 4.55. The molecule has 0 radical (unpaired) electrons. The van der Waals surface area contributed by atoms with Crippen molar-refractivity contribution in [1.29, 1.82) is 0 Å². The maximum atomic E-state index is 11.7. The van der Waals surface area contributed by atoms with E-state index in [0.29, 0.717) is 19.8 Å². The monoisotopic (exact) mass is 299 g/mol. The second kappa shape index (κ2) is 8.14. The predicted octanol–water partition coefficient (Wildman–Crippen LogP) is 1.45. The molecule has 0 bridgehead atoms. The number of rotatable bonds is 7. The van der Waals surface area contributed by atoms with Gasteiger partial charge in [0, 0.05) is 19.8 Å². The van der Waals surface area contributed by atoms with Crippen molar-refractivity contribution in [2.45, 2.75) is 25.4 Å². The molecule has 0 saturated carbocycles. The Morgan fingerprint density at radius 1 is 1.55 bits per heavy atom. The molecule has 1 aliphatic heterocycles. The molecule has 2 heterocycles. The van der Waals surface area contributed by atoms with Crippen molar-refractivity contribution >= 4 is 17.5 Å². The zero-order valence-corrected chi connectivity index (χ0v) is 11.9. The van der Waals surface area contributed by atoms with Gasteiger partial charge in [-0.05, 0) is 19.3 Å². The van der Waals surface area contributed by atoms with Gasteiger partial charge in [-0.2, -0.15) is 0 Å². The number of carbonyl (C=O) groups excluding carboxylic acids is 1. The highest BCUT2D eigenvalue weighted by Gasteiger charge is 2.15. The Kier molecular flexibility index (Phi) is 6.17. The molecule has 1 unspecified atom stereocenters. The van der Waals surface area contributed by atoms with Crippen molar-refractivity contribution in [3.05, 3.63) is 23.2 Å². The largest absolute Gasteiger partial charge is 0.379 e. The summed E-state index contributed by atoms with van der Waals surface area (Å²) < 4.78 is 10.9. The fraction of sp³-hybridized carbons (Fsp3) is 0.615. The van der Waals surface area contributed by atoms with E-state index in [0.717, 1.165) is 25.9 Å². The Morgan fingerprint density at radius 3 is 3.20 bits per heavy atom. The van der Waals surface area contributed by atoms with E-state index in [4.69, 9.17) is 21.1 Å². The van der Waals surface area contributed by atoms with Crippen molar-refractivity contribution in [3.63, 3.8) is 0 Å². The fourth-order valence-electron chi connectivity index (χ4n) is 1.91. The molecule has 7 heteroatoms. The molecule has 1 saturated heterocycles. The van der Waals surface area contributed by atoms with Gasteiger partial charge in [0.05, 0.1) is 25.1 Å². The van der Waals surface area contributed by atoms with Crippen molar-refractivity contribution in [1.82, 2.24) is 15.3 Å². The number of hydrogen-bond acceptors (Lipinski definition) is 5. The molecule has 1 fully saturated rings. The van der Waals surface area contributed by atoms with Crippen LogP contribution in [-0.4, -0.2) is 48.3 Å². The van der Waals surface area contributed by atoms with Crippen LogP contribution in [0.2, 0.25) is 5.15 Å². The third-order valence-electron chi connectivity index (χ3n) is 2.92. The highest BCUT2D eigenvalue weighted by molar-refractivity contribution is 6.29. The molecule has 110 valence electrons. The Hall–Kier alpha value is -1.24. The lowest BCUT2D eigenvalue weighted by Crippen LogP contribution is -2.26. The lowest BCUT2D eigenvalue weighted by Gasteiger charge is -2.10. The molecule has 1 aromatic rings. The minimum absolute atomic E-state index is 0.206. The quantitative estimate of drug-likeness (QED) is 0.771. The number of carbonyl (C=O) groups is 1. The molecule has 1 atom stereocenters. The zero-order chi connectivity index (χ0) is 14.2. The van der Waals surface area contributed by atoms with Gasteiger partial charge in [0.1, 0.15) is 10.8 Å². The molecule has 20 heavy (non-hydrogen) atoms. The van der Waals surface area contributed by atoms with Gasteiger partial charge in [0.25, 0.3) is 5.91 Å². The zero-order valence-electron chi connectivity index (χ0n) is 11.2. The van der Waals surface area contributed by atoms with Gasteiger partial charge in [-0.3, -0.25) is 9.78 Å². The van der Waals surface area contributed by atoms with E-state index in [2.05, 4.69) is 15.3 Å². The first-order chi connectivity index (χ1) is 9.75. The van der Waals surface area contributed by atoms with Gasteiger partial charge in [-0.15, -0.1) is 0 Å². The standard InChI is InChI=1S/C13H18ClN3O3/c14-12-8-15-7-11(17-12)13(18)16-4-2-5-19-9-10-3-1-6-20-10/h7-8,10H,1-6,9H2,(H,16,18). The molecule has 1 aromatic heterocycles. The van der Waals surface area contributed by atoms with E-state index in [9.17, 15) is 4.79 Å². The molecule has 0 spiro atoms. The maximum Gasteiger partial charge on any atom is 0.271 e. The lowest BCUT2D eigenvalue weighted by molar-refractivity contribution is 0.0166. The van der Waals surface area contributed by atoms with Gasteiger partial charge in [0.15, 0.2) is 0 Å². The Morgan fingerprint density at radius 2 is 2.45 bits per heavy atom. The third kappa shape index (κ3) is 5.03. The average Bonchev–Trinajstić information content (AvgIpc) is 2.95. The first-order valence-electron chi connectivity index (χ1n) is 6.71. The summed E-state index contributed by atoms with van der Waals surface area (Å²) in [6.07, 6.45) is 5.94. The Labute approximate surface area is 122 Å². The first kappa shape index (κ1) is 15.2. The second-order valence-corrected chi connectivity index (χ2v) is 4.93. The van der Waals surface area contributed by atoms with Gasteiger partial charge >= 0.3 is 0 Å². The van der Waals surface area contributed by atoms with Crippen LogP contribution in [0.5, 0.6) is 0 Å². The fourth-order valence-corrected chi connectivity index (χ4v) is 2.06. The van der Waals surface area contributed by atoms with Crippen LogP contribution in [0.1, 0.15) is 29.8 Å². The van der Waals surface area contributed by atoms with Gasteiger partial charge in [-0.1, -0.05) is 11.6 Å². The van der Waals surface area contributed by atoms with E-state index < -0.39 is 0 Å². The summed E-state index contributed by atoms with van der Waals surface area (Å²) in [7, 11) is 0. The Balaban J connectivity index is 1.55. The number of nitrogens with zero attached hydrogens (tertiary/aromatic N) is 2. The topological polar surface area (TPSA) is 73.3 Å². The minimum atomic E-state index is -0.279. The summed E-state index contributed by atoms with van der Waals surface area (Å²) in [5, 5.41) is 2.95. The van der Waals surface area contributed by atoms with Crippen LogP contribution in [0.15, 0.2) is 12.4 Å². The minimum Gasteiger partial charge on any atom is -0.379 e. The summed E-state index contributed by atoms with van der Waals surface area (Å²) in [5.74, 6) is -0.279. The van der Waals surface area contributed by atoms with Crippen molar-refractivity contribution < 1.29 is 14.3 Å². The number of hydrogen-bond donors (Lipinski definition) is 1. The maximum absolute atomic E-state index is 11.7. The molecule has 1 amide bonds. The van der Waals surface area contributed by atoms with Crippen LogP contribution < -0.4 is 5.32 Å².